The number of benzene rings is 1. The molecule has 26 heavy (non-hydrogen) atoms. The van der Waals surface area contributed by atoms with Gasteiger partial charge in [-0.1, -0.05) is 17.7 Å². The second-order valence-corrected chi connectivity index (χ2v) is 6.76. The van der Waals surface area contributed by atoms with E-state index >= 15 is 0 Å². The third kappa shape index (κ3) is 4.27. The van der Waals surface area contributed by atoms with Gasteiger partial charge in [0.05, 0.1) is 11.6 Å². The summed E-state index contributed by atoms with van der Waals surface area (Å²) < 4.78 is 0. The van der Waals surface area contributed by atoms with E-state index in [1.807, 2.05) is 38.1 Å². The van der Waals surface area contributed by atoms with Crippen LogP contribution in [0.2, 0.25) is 5.02 Å². The van der Waals surface area contributed by atoms with Gasteiger partial charge >= 0.3 is 0 Å². The molecule has 0 fully saturated rings. The van der Waals surface area contributed by atoms with Crippen molar-refractivity contribution in [2.45, 2.75) is 33.4 Å². The highest BCUT2D eigenvalue weighted by Crippen LogP contribution is 2.28. The zero-order valence-electron chi connectivity index (χ0n) is 15.0. The van der Waals surface area contributed by atoms with Crippen LogP contribution in [0.15, 0.2) is 30.5 Å². The predicted molar refractivity (Wildman–Crippen MR) is 105 cm³/mol. The number of anilines is 2. The molecule has 0 aliphatic carbocycles. The third-order valence-corrected chi connectivity index (χ3v) is 4.40. The van der Waals surface area contributed by atoms with Gasteiger partial charge in [0, 0.05) is 30.0 Å². The van der Waals surface area contributed by atoms with Crippen LogP contribution in [-0.2, 0) is 6.54 Å². The molecule has 2 aromatic heterocycles. The standard InChI is InChI=1S/C19H22ClN5O/c1-11(26)8-21-9-14-7-17-18(22-10-14)19(24-13(3)23-17)25-16-6-4-5-15(20)12(16)2/h4-7,10-11,21,26H,8-9H2,1-3H3,(H,23,24,25). The Morgan fingerprint density at radius 2 is 2.04 bits per heavy atom. The summed E-state index contributed by atoms with van der Waals surface area (Å²) in [6, 6.07) is 7.70. The predicted octanol–water partition coefficient (Wildman–Crippen LogP) is 3.51. The minimum absolute atomic E-state index is 0.385. The molecule has 3 rings (SSSR count). The Hall–Kier alpha value is -2.28. The highest BCUT2D eigenvalue weighted by Gasteiger charge is 2.11. The number of nitrogens with one attached hydrogen (secondary N) is 2. The summed E-state index contributed by atoms with van der Waals surface area (Å²) in [6.07, 6.45) is 1.41. The van der Waals surface area contributed by atoms with E-state index in [4.69, 9.17) is 11.6 Å². The van der Waals surface area contributed by atoms with E-state index in [-0.39, 0.29) is 6.10 Å². The summed E-state index contributed by atoms with van der Waals surface area (Å²) in [5, 5.41) is 16.6. The van der Waals surface area contributed by atoms with Gasteiger partial charge in [-0.3, -0.25) is 4.98 Å². The zero-order valence-corrected chi connectivity index (χ0v) is 15.8. The molecule has 0 saturated heterocycles. The Morgan fingerprint density at radius 3 is 2.81 bits per heavy atom. The quantitative estimate of drug-likeness (QED) is 0.615. The van der Waals surface area contributed by atoms with Crippen molar-refractivity contribution in [3.63, 3.8) is 0 Å². The fourth-order valence-electron chi connectivity index (χ4n) is 2.66. The molecular formula is C19H22ClN5O. The molecule has 0 saturated carbocycles. The molecule has 0 spiro atoms. The van der Waals surface area contributed by atoms with Gasteiger partial charge in [0.15, 0.2) is 5.82 Å². The average Bonchev–Trinajstić information content (AvgIpc) is 2.58. The van der Waals surface area contributed by atoms with E-state index in [1.54, 1.807) is 13.1 Å². The van der Waals surface area contributed by atoms with Gasteiger partial charge in [-0.2, -0.15) is 0 Å². The van der Waals surface area contributed by atoms with E-state index in [1.165, 1.54) is 0 Å². The highest BCUT2D eigenvalue weighted by atomic mass is 35.5. The number of aryl methyl sites for hydroxylation is 1. The summed E-state index contributed by atoms with van der Waals surface area (Å²) in [5.41, 5.74) is 4.32. The van der Waals surface area contributed by atoms with Crippen LogP contribution in [0.1, 0.15) is 23.9 Å². The minimum atomic E-state index is -0.385. The van der Waals surface area contributed by atoms with Crippen molar-refractivity contribution in [3.8, 4) is 0 Å². The number of rotatable bonds is 6. The lowest BCUT2D eigenvalue weighted by Gasteiger charge is -2.13. The van der Waals surface area contributed by atoms with E-state index in [0.717, 1.165) is 22.3 Å². The topological polar surface area (TPSA) is 83.0 Å². The third-order valence-electron chi connectivity index (χ3n) is 3.99. The molecule has 0 radical (unpaired) electrons. The number of nitrogens with zero attached hydrogens (tertiary/aromatic N) is 3. The summed E-state index contributed by atoms with van der Waals surface area (Å²) in [4.78, 5) is 13.6. The van der Waals surface area contributed by atoms with Crippen molar-refractivity contribution in [1.82, 2.24) is 20.3 Å². The fourth-order valence-corrected chi connectivity index (χ4v) is 2.83. The molecule has 6 nitrogen and oxygen atoms in total. The zero-order chi connectivity index (χ0) is 18.7. The number of hydrogen-bond acceptors (Lipinski definition) is 6. The monoisotopic (exact) mass is 371 g/mol. The van der Waals surface area contributed by atoms with Crippen molar-refractivity contribution in [2.24, 2.45) is 0 Å². The van der Waals surface area contributed by atoms with Crippen LogP contribution >= 0.6 is 11.6 Å². The maximum atomic E-state index is 9.34. The second kappa shape index (κ2) is 7.95. The van der Waals surface area contributed by atoms with Crippen LogP contribution in [0.3, 0.4) is 0 Å². The molecule has 0 amide bonds. The molecule has 3 aromatic rings. The van der Waals surface area contributed by atoms with E-state index in [2.05, 4.69) is 25.6 Å². The number of fused-ring (bicyclic) bond motifs is 1. The van der Waals surface area contributed by atoms with Crippen LogP contribution in [0.5, 0.6) is 0 Å². The van der Waals surface area contributed by atoms with Gasteiger partial charge in [0.1, 0.15) is 11.3 Å². The SMILES string of the molecule is Cc1nc(Nc2cccc(Cl)c2C)c2ncc(CNCC(C)O)cc2n1. The van der Waals surface area contributed by atoms with Crippen molar-refractivity contribution in [2.75, 3.05) is 11.9 Å². The first-order chi connectivity index (χ1) is 12.4. The van der Waals surface area contributed by atoms with Gasteiger partial charge in [-0.25, -0.2) is 9.97 Å². The normalized spacial score (nSPS) is 12.3. The second-order valence-electron chi connectivity index (χ2n) is 6.35. The first-order valence-corrected chi connectivity index (χ1v) is 8.86. The minimum Gasteiger partial charge on any atom is -0.392 e. The Labute approximate surface area is 157 Å². The van der Waals surface area contributed by atoms with Gasteiger partial charge in [-0.15, -0.1) is 0 Å². The van der Waals surface area contributed by atoms with Crippen molar-refractivity contribution in [1.29, 1.82) is 0 Å². The van der Waals surface area contributed by atoms with Crippen molar-refractivity contribution >= 4 is 34.1 Å². The van der Waals surface area contributed by atoms with Crippen LogP contribution < -0.4 is 10.6 Å². The average molecular weight is 372 g/mol. The Morgan fingerprint density at radius 1 is 1.23 bits per heavy atom. The van der Waals surface area contributed by atoms with Crippen LogP contribution in [-0.4, -0.2) is 32.7 Å². The largest absolute Gasteiger partial charge is 0.392 e. The van der Waals surface area contributed by atoms with Crippen LogP contribution in [0, 0.1) is 13.8 Å². The Bertz CT molecular complexity index is 929. The summed E-state index contributed by atoms with van der Waals surface area (Å²) in [6.45, 7) is 6.71. The molecular weight excluding hydrogens is 350 g/mol. The molecule has 0 bridgehead atoms. The molecule has 3 N–H and O–H groups in total. The summed E-state index contributed by atoms with van der Waals surface area (Å²) in [5.74, 6) is 1.32. The van der Waals surface area contributed by atoms with Crippen molar-refractivity contribution in [3.05, 3.63) is 52.4 Å². The first kappa shape index (κ1) is 18.5. The number of pyridine rings is 1. The molecule has 1 atom stereocenters. The van der Waals surface area contributed by atoms with Gasteiger partial charge < -0.3 is 15.7 Å². The van der Waals surface area contributed by atoms with Crippen LogP contribution in [0.4, 0.5) is 11.5 Å². The van der Waals surface area contributed by atoms with E-state index < -0.39 is 0 Å². The Balaban J connectivity index is 1.92. The first-order valence-electron chi connectivity index (χ1n) is 8.48. The highest BCUT2D eigenvalue weighted by molar-refractivity contribution is 6.31. The summed E-state index contributed by atoms with van der Waals surface area (Å²) in [7, 11) is 0. The fraction of sp³-hybridized carbons (Fsp3) is 0.316. The lowest BCUT2D eigenvalue weighted by molar-refractivity contribution is 0.191. The molecule has 136 valence electrons. The lowest BCUT2D eigenvalue weighted by Crippen LogP contribution is -2.23. The molecule has 0 aliphatic heterocycles. The number of aliphatic hydroxyl groups excluding tert-OH is 1. The molecule has 0 aliphatic rings. The maximum absolute atomic E-state index is 9.34. The van der Waals surface area contributed by atoms with Gasteiger partial charge in [0.2, 0.25) is 0 Å². The Kier molecular flexibility index (Phi) is 5.66. The van der Waals surface area contributed by atoms with Crippen LogP contribution in [0.25, 0.3) is 11.0 Å². The number of aliphatic hydroxyl groups is 1. The summed E-state index contributed by atoms with van der Waals surface area (Å²) >= 11 is 6.21. The van der Waals surface area contributed by atoms with E-state index in [9.17, 15) is 5.11 Å². The van der Waals surface area contributed by atoms with Crippen molar-refractivity contribution < 1.29 is 5.11 Å². The number of hydrogen-bond donors (Lipinski definition) is 3. The smallest absolute Gasteiger partial charge is 0.160 e. The van der Waals surface area contributed by atoms with E-state index in [0.29, 0.717) is 35.3 Å². The molecule has 1 unspecified atom stereocenters. The maximum Gasteiger partial charge on any atom is 0.160 e. The molecule has 7 heteroatoms. The molecule has 1 aromatic carbocycles. The van der Waals surface area contributed by atoms with Gasteiger partial charge in [0.25, 0.3) is 0 Å². The molecule has 2 heterocycles. The number of halogens is 1. The lowest BCUT2D eigenvalue weighted by atomic mass is 10.2. The number of aromatic nitrogens is 3. The van der Waals surface area contributed by atoms with Gasteiger partial charge in [-0.05, 0) is 50.1 Å².